The summed E-state index contributed by atoms with van der Waals surface area (Å²) in [5.41, 5.74) is 1.97. The number of rotatable bonds is 19. The molecule has 0 saturated heterocycles. The Labute approximate surface area is 263 Å². The highest BCUT2D eigenvalue weighted by Gasteiger charge is 2.29. The molecule has 0 aromatic heterocycles. The van der Waals surface area contributed by atoms with Crippen molar-refractivity contribution in [3.05, 3.63) is 71.8 Å². The second-order valence-corrected chi connectivity index (χ2v) is 13.5. The highest BCUT2D eigenvalue weighted by atomic mass is 32.2. The highest BCUT2D eigenvalue weighted by molar-refractivity contribution is 7.86. The van der Waals surface area contributed by atoms with E-state index in [2.05, 4.69) is 5.16 Å². The van der Waals surface area contributed by atoms with Crippen LogP contribution in [0, 0.1) is 11.8 Å². The number of ether oxygens (including phenoxy) is 2. The molecule has 0 aliphatic carbocycles. The van der Waals surface area contributed by atoms with Crippen LogP contribution in [0.15, 0.2) is 65.8 Å². The second-order valence-electron chi connectivity index (χ2n) is 10.3. The summed E-state index contributed by atoms with van der Waals surface area (Å²) in [5.74, 6) is -0.566. The van der Waals surface area contributed by atoms with E-state index < -0.39 is 44.7 Å². The highest BCUT2D eigenvalue weighted by Crippen LogP contribution is 2.21. The minimum atomic E-state index is -3.56. The maximum absolute atomic E-state index is 11.4. The normalized spacial score (nSPS) is 16.2. The number of carbonyl (C=O) groups excluding carboxylic acids is 1. The first-order valence-electron chi connectivity index (χ1n) is 14.3. The van der Waals surface area contributed by atoms with Gasteiger partial charge in [-0.1, -0.05) is 93.5 Å². The van der Waals surface area contributed by atoms with E-state index in [9.17, 15) is 21.6 Å². The van der Waals surface area contributed by atoms with Gasteiger partial charge < -0.3 is 19.1 Å². The van der Waals surface area contributed by atoms with E-state index in [1.165, 1.54) is 13.3 Å². The zero-order valence-corrected chi connectivity index (χ0v) is 28.2. The van der Waals surface area contributed by atoms with Gasteiger partial charge >= 0.3 is 0 Å². The molecule has 0 aliphatic heterocycles. The summed E-state index contributed by atoms with van der Waals surface area (Å²) in [6, 6.07) is 19.2. The molecule has 248 valence electrons. The molecule has 2 aromatic carbocycles. The third kappa shape index (κ3) is 16.4. The predicted molar refractivity (Wildman–Crippen MR) is 170 cm³/mol. The number of aldehydes is 1. The minimum Gasteiger partial charge on any atom is -0.399 e. The Morgan fingerprint density at radius 1 is 0.705 bits per heavy atom. The van der Waals surface area contributed by atoms with E-state index in [1.54, 1.807) is 6.92 Å². The molecule has 0 bridgehead atoms. The van der Waals surface area contributed by atoms with E-state index in [0.29, 0.717) is 32.3 Å². The molecular weight excluding hydrogens is 610 g/mol. The molecule has 0 radical (unpaired) electrons. The van der Waals surface area contributed by atoms with Gasteiger partial charge in [0.05, 0.1) is 44.1 Å². The van der Waals surface area contributed by atoms with Crippen LogP contribution in [-0.4, -0.2) is 73.4 Å². The van der Waals surface area contributed by atoms with Crippen LogP contribution in [0.2, 0.25) is 0 Å². The Morgan fingerprint density at radius 3 is 1.43 bits per heavy atom. The van der Waals surface area contributed by atoms with E-state index in [-0.39, 0.29) is 11.8 Å². The van der Waals surface area contributed by atoms with Crippen LogP contribution in [0.25, 0.3) is 0 Å². The van der Waals surface area contributed by atoms with E-state index in [1.807, 2.05) is 81.4 Å². The van der Waals surface area contributed by atoms with Crippen molar-refractivity contribution in [2.45, 2.75) is 78.2 Å². The van der Waals surface area contributed by atoms with Gasteiger partial charge in [-0.2, -0.15) is 16.8 Å². The standard InChI is InChI=1S/C16H25NO5S.C15H22O5S/c1-5-15(22-23(4,18)19)13(2)16(11-17-20-3)21-12-14-9-7-6-8-10-14;1-4-14(20-21(3,17)18)12(2)15(10-16)19-11-13-8-6-5-7-9-13/h6-11,13,15-16H,5,12H2,1-4H3;5-10,12,14-15H,4,11H2,1-3H3/t13-,15-,16-;12-,14-,15-/m11/s1. The molecule has 0 fully saturated rings. The monoisotopic (exact) mass is 657 g/mol. The number of oxime groups is 1. The van der Waals surface area contributed by atoms with Gasteiger partial charge in [-0.15, -0.1) is 0 Å². The maximum Gasteiger partial charge on any atom is 0.264 e. The summed E-state index contributed by atoms with van der Waals surface area (Å²) in [6.45, 7) is 7.99. The largest absolute Gasteiger partial charge is 0.399 e. The van der Waals surface area contributed by atoms with Crippen molar-refractivity contribution in [2.24, 2.45) is 17.0 Å². The molecule has 0 aliphatic rings. The summed E-state index contributed by atoms with van der Waals surface area (Å²) >= 11 is 0. The third-order valence-electron chi connectivity index (χ3n) is 6.63. The average molecular weight is 658 g/mol. The average Bonchev–Trinajstić information content (AvgIpc) is 2.99. The number of hydrogen-bond donors (Lipinski definition) is 0. The van der Waals surface area contributed by atoms with Gasteiger partial charge in [0.1, 0.15) is 25.6 Å². The molecule has 2 rings (SSSR count). The topological polar surface area (TPSA) is 144 Å². The first kappa shape index (κ1) is 39.3. The summed E-state index contributed by atoms with van der Waals surface area (Å²) in [7, 11) is -5.65. The molecule has 0 spiro atoms. The van der Waals surface area contributed by atoms with Crippen LogP contribution >= 0.6 is 0 Å². The lowest BCUT2D eigenvalue weighted by atomic mass is 9.97. The molecule has 0 unspecified atom stereocenters. The SMILES string of the molecule is CC[C@@H](OS(C)(=O)=O)[C@@H](C)[C@@H](C=NOC)OCc1ccccc1.CC[C@@H](OS(C)(=O)=O)[C@@H](C)[C@@H](C=O)OCc1ccccc1. The van der Waals surface area contributed by atoms with Gasteiger partial charge in [0.15, 0.2) is 0 Å². The number of hydrogen-bond acceptors (Lipinski definition) is 11. The molecule has 11 nitrogen and oxygen atoms in total. The number of nitrogens with zero attached hydrogens (tertiary/aromatic N) is 1. The van der Waals surface area contributed by atoms with Crippen molar-refractivity contribution in [2.75, 3.05) is 19.6 Å². The molecule has 44 heavy (non-hydrogen) atoms. The fraction of sp³-hybridized carbons (Fsp3) is 0.548. The summed E-state index contributed by atoms with van der Waals surface area (Å²) < 4.78 is 66.9. The van der Waals surface area contributed by atoms with Crippen molar-refractivity contribution in [3.63, 3.8) is 0 Å². The number of carbonyl (C=O) groups is 1. The molecule has 0 amide bonds. The van der Waals surface area contributed by atoms with Crippen LogP contribution in [0.3, 0.4) is 0 Å². The molecule has 6 atom stereocenters. The van der Waals surface area contributed by atoms with Crippen molar-refractivity contribution in [1.29, 1.82) is 0 Å². The molecule has 2 aromatic rings. The molecule has 0 saturated carbocycles. The molecule has 13 heteroatoms. The lowest BCUT2D eigenvalue weighted by Gasteiger charge is -2.27. The molecule has 0 N–H and O–H groups in total. The predicted octanol–water partition coefficient (Wildman–Crippen LogP) is 4.76. The Kier molecular flexibility index (Phi) is 18.2. The van der Waals surface area contributed by atoms with Crippen molar-refractivity contribution >= 4 is 32.7 Å². The second kappa shape index (κ2) is 20.4. The quantitative estimate of drug-likeness (QED) is 0.0898. The fourth-order valence-corrected chi connectivity index (χ4v) is 5.75. The van der Waals surface area contributed by atoms with Crippen LogP contribution < -0.4 is 0 Å². The van der Waals surface area contributed by atoms with E-state index in [4.69, 9.17) is 22.7 Å². The van der Waals surface area contributed by atoms with Gasteiger partial charge in [0.2, 0.25) is 0 Å². The molecule has 0 heterocycles. The lowest BCUT2D eigenvalue weighted by molar-refractivity contribution is -0.125. The van der Waals surface area contributed by atoms with E-state index >= 15 is 0 Å². The summed E-state index contributed by atoms with van der Waals surface area (Å²) in [4.78, 5) is 15.9. The fourth-order valence-electron chi connectivity index (χ4n) is 4.23. The van der Waals surface area contributed by atoms with Crippen molar-refractivity contribution < 1.29 is 44.3 Å². The smallest absolute Gasteiger partial charge is 0.264 e. The van der Waals surface area contributed by atoms with Gasteiger partial charge in [-0.25, -0.2) is 0 Å². The van der Waals surface area contributed by atoms with Crippen LogP contribution in [0.5, 0.6) is 0 Å². The summed E-state index contributed by atoms with van der Waals surface area (Å²) in [5, 5.41) is 3.76. The zero-order valence-electron chi connectivity index (χ0n) is 26.6. The molecular formula is C31H47NO10S2. The Morgan fingerprint density at radius 2 is 1.09 bits per heavy atom. The van der Waals surface area contributed by atoms with Gasteiger partial charge in [0.25, 0.3) is 20.2 Å². The maximum atomic E-state index is 11.4. The van der Waals surface area contributed by atoms with Crippen molar-refractivity contribution in [3.8, 4) is 0 Å². The van der Waals surface area contributed by atoms with Gasteiger partial charge in [-0.05, 0) is 24.0 Å². The number of benzene rings is 2. The Balaban J connectivity index is 0.000000442. The lowest BCUT2D eigenvalue weighted by Crippen LogP contribution is -2.35. The van der Waals surface area contributed by atoms with Crippen molar-refractivity contribution in [1.82, 2.24) is 0 Å². The Hall–Kier alpha value is -2.68. The Bertz CT molecular complexity index is 1310. The summed E-state index contributed by atoms with van der Waals surface area (Å²) in [6.07, 6.45) is 3.09. The zero-order chi connectivity index (χ0) is 33.2. The van der Waals surface area contributed by atoms with E-state index in [0.717, 1.165) is 23.6 Å². The van der Waals surface area contributed by atoms with Crippen LogP contribution in [-0.2, 0) is 60.9 Å². The first-order valence-corrected chi connectivity index (χ1v) is 18.0. The van der Waals surface area contributed by atoms with Crippen LogP contribution in [0.1, 0.15) is 51.7 Å². The van der Waals surface area contributed by atoms with Gasteiger partial charge in [0, 0.05) is 11.8 Å². The van der Waals surface area contributed by atoms with Crippen LogP contribution in [0.4, 0.5) is 0 Å². The first-order chi connectivity index (χ1) is 20.7. The third-order valence-corrected chi connectivity index (χ3v) is 7.82. The van der Waals surface area contributed by atoms with Gasteiger partial charge in [-0.3, -0.25) is 8.37 Å². The minimum absolute atomic E-state index is 0.211.